The molecule has 0 aromatic carbocycles. The highest BCUT2D eigenvalue weighted by atomic mass is 35.5. The zero-order chi connectivity index (χ0) is 9.31. The van der Waals surface area contributed by atoms with E-state index in [9.17, 15) is 4.79 Å². The summed E-state index contributed by atoms with van der Waals surface area (Å²) >= 11 is 5.72. The zero-order valence-corrected chi connectivity index (χ0v) is 7.80. The van der Waals surface area contributed by atoms with Gasteiger partial charge in [-0.1, -0.05) is 0 Å². The summed E-state index contributed by atoms with van der Waals surface area (Å²) in [4.78, 5) is 11.5. The van der Waals surface area contributed by atoms with Crippen LogP contribution in [-0.4, -0.2) is 17.3 Å². The second kappa shape index (κ2) is 3.07. The van der Waals surface area contributed by atoms with Crippen LogP contribution in [0.5, 0.6) is 0 Å². The number of halogens is 1. The number of carbonyl (C=O) groups excluding carboxylic acids is 1. The number of rotatable bonds is 3. The predicted molar refractivity (Wildman–Crippen MR) is 48.9 cm³/mol. The average Bonchev–Trinajstić information content (AvgIpc) is 2.69. The van der Waals surface area contributed by atoms with Crippen LogP contribution in [0.2, 0.25) is 0 Å². The molecule has 1 aliphatic rings. The molecule has 0 radical (unpaired) electrons. The predicted octanol–water partition coefficient (Wildman–Crippen LogP) is 1.78. The maximum absolute atomic E-state index is 11.5. The van der Waals surface area contributed by atoms with Gasteiger partial charge in [0.15, 0.2) is 0 Å². The number of carbonyl (C=O) groups is 1. The Hall–Kier alpha value is -0.960. The standard InChI is InChI=1S/C9H10ClNO2/c10-6-9(2-3-9)11-8(12)7-1-4-13-5-7/h1,4-5H,2-3,6H2,(H,11,12). The third-order valence-corrected chi connectivity index (χ3v) is 2.78. The minimum Gasteiger partial charge on any atom is -0.472 e. The molecule has 13 heavy (non-hydrogen) atoms. The van der Waals surface area contributed by atoms with Crippen LogP contribution >= 0.6 is 11.6 Å². The second-order valence-electron chi connectivity index (χ2n) is 3.38. The van der Waals surface area contributed by atoms with Gasteiger partial charge in [0.05, 0.1) is 17.4 Å². The minimum absolute atomic E-state index is 0.105. The van der Waals surface area contributed by atoms with Gasteiger partial charge in [0.25, 0.3) is 5.91 Å². The summed E-state index contributed by atoms with van der Waals surface area (Å²) in [7, 11) is 0. The molecule has 1 aliphatic carbocycles. The molecule has 0 unspecified atom stereocenters. The Bertz CT molecular complexity index is 303. The molecule has 0 spiro atoms. The summed E-state index contributed by atoms with van der Waals surface area (Å²) in [5.41, 5.74) is 0.409. The molecule has 70 valence electrons. The van der Waals surface area contributed by atoms with E-state index in [1.807, 2.05) is 0 Å². The molecule has 0 atom stereocenters. The quantitative estimate of drug-likeness (QED) is 0.755. The molecule has 0 saturated heterocycles. The number of furan rings is 1. The zero-order valence-electron chi connectivity index (χ0n) is 7.05. The number of amides is 1. The molecule has 0 bridgehead atoms. The third kappa shape index (κ3) is 1.70. The Morgan fingerprint density at radius 2 is 2.46 bits per heavy atom. The first kappa shape index (κ1) is 8.63. The lowest BCUT2D eigenvalue weighted by Crippen LogP contribution is -2.37. The summed E-state index contributed by atoms with van der Waals surface area (Å²) in [6, 6.07) is 1.64. The van der Waals surface area contributed by atoms with Gasteiger partial charge in [0, 0.05) is 5.88 Å². The van der Waals surface area contributed by atoms with Gasteiger partial charge in [-0.2, -0.15) is 0 Å². The van der Waals surface area contributed by atoms with Crippen LogP contribution in [0.3, 0.4) is 0 Å². The summed E-state index contributed by atoms with van der Waals surface area (Å²) < 4.78 is 4.81. The number of hydrogen-bond acceptors (Lipinski definition) is 2. The van der Waals surface area contributed by atoms with Crippen molar-refractivity contribution in [3.63, 3.8) is 0 Å². The molecule has 1 aromatic heterocycles. The molecule has 4 heteroatoms. The van der Waals surface area contributed by atoms with Crippen LogP contribution in [0.1, 0.15) is 23.2 Å². The first-order valence-corrected chi connectivity index (χ1v) is 4.70. The third-order valence-electron chi connectivity index (χ3n) is 2.27. The maximum atomic E-state index is 11.5. The van der Waals surface area contributed by atoms with Gasteiger partial charge in [-0.25, -0.2) is 0 Å². The van der Waals surface area contributed by atoms with Gasteiger partial charge in [-0.05, 0) is 18.9 Å². The maximum Gasteiger partial charge on any atom is 0.255 e. The number of hydrogen-bond donors (Lipinski definition) is 1. The summed E-state index contributed by atoms with van der Waals surface area (Å²) in [5, 5.41) is 2.89. The van der Waals surface area contributed by atoms with Crippen LogP contribution in [-0.2, 0) is 0 Å². The topological polar surface area (TPSA) is 42.2 Å². The highest BCUT2D eigenvalue weighted by Gasteiger charge is 2.43. The summed E-state index contributed by atoms with van der Waals surface area (Å²) in [6.45, 7) is 0. The Morgan fingerprint density at radius 3 is 2.92 bits per heavy atom. The fourth-order valence-electron chi connectivity index (χ4n) is 1.15. The van der Waals surface area contributed by atoms with Gasteiger partial charge in [0.2, 0.25) is 0 Å². The van der Waals surface area contributed by atoms with Crippen LogP contribution in [0.25, 0.3) is 0 Å². The normalized spacial score (nSPS) is 18.2. The molecule has 3 nitrogen and oxygen atoms in total. The fourth-order valence-corrected chi connectivity index (χ4v) is 1.48. The number of nitrogens with one attached hydrogen (secondary N) is 1. The largest absolute Gasteiger partial charge is 0.472 e. The number of alkyl halides is 1. The molecular weight excluding hydrogens is 190 g/mol. The van der Waals surface area contributed by atoms with Gasteiger partial charge >= 0.3 is 0 Å². The molecule has 1 heterocycles. The molecular formula is C9H10ClNO2. The van der Waals surface area contributed by atoms with E-state index in [1.165, 1.54) is 12.5 Å². The lowest BCUT2D eigenvalue weighted by molar-refractivity contribution is 0.0935. The highest BCUT2D eigenvalue weighted by molar-refractivity contribution is 6.19. The minimum atomic E-state index is -0.143. The smallest absolute Gasteiger partial charge is 0.255 e. The van der Waals surface area contributed by atoms with Gasteiger partial charge in [-0.15, -0.1) is 11.6 Å². The van der Waals surface area contributed by atoms with Crippen molar-refractivity contribution in [1.82, 2.24) is 5.32 Å². The van der Waals surface area contributed by atoms with Crippen molar-refractivity contribution in [2.45, 2.75) is 18.4 Å². The van der Waals surface area contributed by atoms with Crippen molar-refractivity contribution < 1.29 is 9.21 Å². The van der Waals surface area contributed by atoms with Gasteiger partial charge < -0.3 is 9.73 Å². The Morgan fingerprint density at radius 1 is 1.69 bits per heavy atom. The lowest BCUT2D eigenvalue weighted by Gasteiger charge is -2.12. The first-order chi connectivity index (χ1) is 6.26. The van der Waals surface area contributed by atoms with E-state index in [-0.39, 0.29) is 11.4 Å². The highest BCUT2D eigenvalue weighted by Crippen LogP contribution is 2.36. The van der Waals surface area contributed by atoms with Crippen LogP contribution in [0.15, 0.2) is 23.0 Å². The van der Waals surface area contributed by atoms with Gasteiger partial charge in [0.1, 0.15) is 6.26 Å². The van der Waals surface area contributed by atoms with Gasteiger partial charge in [-0.3, -0.25) is 4.79 Å². The van der Waals surface area contributed by atoms with Crippen molar-refractivity contribution >= 4 is 17.5 Å². The molecule has 0 aliphatic heterocycles. The van der Waals surface area contributed by atoms with E-state index in [0.29, 0.717) is 11.4 Å². The van der Waals surface area contributed by atoms with E-state index in [4.69, 9.17) is 16.0 Å². The lowest BCUT2D eigenvalue weighted by atomic mass is 10.2. The Balaban J connectivity index is 2.00. The van der Waals surface area contributed by atoms with E-state index in [1.54, 1.807) is 6.07 Å². The van der Waals surface area contributed by atoms with E-state index >= 15 is 0 Å². The summed E-state index contributed by atoms with van der Waals surface area (Å²) in [5.74, 6) is 0.378. The fraction of sp³-hybridized carbons (Fsp3) is 0.444. The van der Waals surface area contributed by atoms with Crippen molar-refractivity contribution in [2.24, 2.45) is 0 Å². The first-order valence-electron chi connectivity index (χ1n) is 4.16. The van der Waals surface area contributed by atoms with Crippen molar-refractivity contribution in [3.05, 3.63) is 24.2 Å². The molecule has 1 saturated carbocycles. The molecule has 1 aromatic rings. The van der Waals surface area contributed by atoms with Crippen LogP contribution < -0.4 is 5.32 Å². The van der Waals surface area contributed by atoms with Crippen LogP contribution in [0, 0.1) is 0 Å². The molecule has 1 N–H and O–H groups in total. The monoisotopic (exact) mass is 199 g/mol. The van der Waals surface area contributed by atoms with Crippen LogP contribution in [0.4, 0.5) is 0 Å². The SMILES string of the molecule is O=C(NC1(CCl)CC1)c1ccoc1. The molecule has 2 rings (SSSR count). The molecule has 1 amide bonds. The molecule has 1 fully saturated rings. The Labute approximate surface area is 81.1 Å². The van der Waals surface area contributed by atoms with E-state index in [2.05, 4.69) is 5.32 Å². The average molecular weight is 200 g/mol. The van der Waals surface area contributed by atoms with Crippen molar-refractivity contribution in [3.8, 4) is 0 Å². The Kier molecular flexibility index (Phi) is 2.04. The second-order valence-corrected chi connectivity index (χ2v) is 3.65. The van der Waals surface area contributed by atoms with E-state index in [0.717, 1.165) is 12.8 Å². The van der Waals surface area contributed by atoms with Crippen molar-refractivity contribution in [2.75, 3.05) is 5.88 Å². The van der Waals surface area contributed by atoms with Crippen molar-refractivity contribution in [1.29, 1.82) is 0 Å². The van der Waals surface area contributed by atoms with E-state index < -0.39 is 0 Å². The summed E-state index contributed by atoms with van der Waals surface area (Å²) in [6.07, 6.45) is 4.86.